The van der Waals surface area contributed by atoms with Gasteiger partial charge in [-0.25, -0.2) is 0 Å². The number of aliphatic hydroxyl groups is 2. The zero-order valence-electron chi connectivity index (χ0n) is 22.3. The summed E-state index contributed by atoms with van der Waals surface area (Å²) in [6, 6.07) is 0. The molecule has 0 aromatic heterocycles. The first-order valence-corrected chi connectivity index (χ1v) is 13.5. The highest BCUT2D eigenvalue weighted by atomic mass is 16.3. The minimum Gasteiger partial charge on any atom is -0.392 e. The molecular weight excluding hydrogens is 408 g/mol. The molecule has 3 heteroatoms. The summed E-state index contributed by atoms with van der Waals surface area (Å²) in [5.74, 6) is 1.94. The van der Waals surface area contributed by atoms with Crippen LogP contribution < -0.4 is 0 Å². The van der Waals surface area contributed by atoms with Gasteiger partial charge in [-0.05, 0) is 86.9 Å². The maximum Gasteiger partial charge on any atom is 0.138 e. The van der Waals surface area contributed by atoms with E-state index >= 15 is 0 Å². The molecule has 4 rings (SSSR count). The number of carbonyl (C=O) groups excluding carboxylic acids is 1. The van der Waals surface area contributed by atoms with Crippen LogP contribution in [0.15, 0.2) is 22.8 Å². The number of rotatable bonds is 5. The van der Waals surface area contributed by atoms with Gasteiger partial charge in [0.2, 0.25) is 0 Å². The molecule has 2 N–H and O–H groups in total. The van der Waals surface area contributed by atoms with Gasteiger partial charge in [0.25, 0.3) is 0 Å². The van der Waals surface area contributed by atoms with Crippen molar-refractivity contribution in [3.63, 3.8) is 0 Å². The van der Waals surface area contributed by atoms with E-state index in [1.165, 1.54) is 0 Å². The van der Waals surface area contributed by atoms with Gasteiger partial charge in [-0.3, -0.25) is 4.79 Å². The van der Waals surface area contributed by atoms with Crippen LogP contribution in [0.5, 0.6) is 0 Å². The van der Waals surface area contributed by atoms with Gasteiger partial charge in [0.15, 0.2) is 0 Å². The standard InChI is InChI=1S/C30H48O3/c1-19(18-31)9-8-10-20(2)23-17-26(33)30(7)22-11-12-24-27(3,4)25(32)14-15-28(24,5)21(22)13-16-29(23,30)6/h9,20,23-24,26,31,33H,8,10-18H2,1-7H3/b19-9+/t20-,23-,24+,26+,28-,29-,30-/m1/s1. The Kier molecular flexibility index (Phi) is 6.35. The Labute approximate surface area is 202 Å². The third-order valence-corrected chi connectivity index (χ3v) is 11.7. The van der Waals surface area contributed by atoms with Crippen molar-refractivity contribution < 1.29 is 15.0 Å². The maximum atomic E-state index is 12.8. The number of Topliss-reactive ketones (excluding diaryl/α,β-unsaturated/α-hetero) is 1. The average Bonchev–Trinajstić information content (AvgIpc) is 2.98. The monoisotopic (exact) mass is 456 g/mol. The number of fused-ring (bicyclic) bond motifs is 4. The molecule has 0 unspecified atom stereocenters. The first-order chi connectivity index (χ1) is 15.3. The van der Waals surface area contributed by atoms with E-state index in [-0.39, 0.29) is 34.4 Å². The van der Waals surface area contributed by atoms with Crippen molar-refractivity contribution in [2.45, 2.75) is 112 Å². The van der Waals surface area contributed by atoms with Gasteiger partial charge >= 0.3 is 0 Å². The minimum absolute atomic E-state index is 0.103. The lowest BCUT2D eigenvalue weighted by Crippen LogP contribution is -2.55. The third-order valence-electron chi connectivity index (χ3n) is 11.7. The van der Waals surface area contributed by atoms with E-state index in [1.807, 2.05) is 6.92 Å². The number of aliphatic hydroxyl groups excluding tert-OH is 2. The molecule has 3 nitrogen and oxygen atoms in total. The second-order valence-electron chi connectivity index (χ2n) is 13.4. The molecule has 0 saturated heterocycles. The number of hydrogen-bond donors (Lipinski definition) is 2. The third kappa shape index (κ3) is 3.46. The molecule has 0 heterocycles. The van der Waals surface area contributed by atoms with Crippen LogP contribution >= 0.6 is 0 Å². The van der Waals surface area contributed by atoms with Crippen molar-refractivity contribution in [1.29, 1.82) is 0 Å². The second-order valence-corrected chi connectivity index (χ2v) is 13.4. The molecule has 4 aliphatic carbocycles. The smallest absolute Gasteiger partial charge is 0.138 e. The Balaban J connectivity index is 1.67. The minimum atomic E-state index is -0.284. The second kappa shape index (κ2) is 8.33. The Morgan fingerprint density at radius 1 is 1.09 bits per heavy atom. The van der Waals surface area contributed by atoms with Crippen molar-refractivity contribution in [1.82, 2.24) is 0 Å². The van der Waals surface area contributed by atoms with E-state index in [9.17, 15) is 15.0 Å². The molecule has 4 aliphatic rings. The Morgan fingerprint density at radius 2 is 1.79 bits per heavy atom. The van der Waals surface area contributed by atoms with E-state index < -0.39 is 0 Å². The van der Waals surface area contributed by atoms with Crippen LogP contribution in [0.1, 0.15) is 106 Å². The highest BCUT2D eigenvalue weighted by Crippen LogP contribution is 2.72. The van der Waals surface area contributed by atoms with Crippen LogP contribution in [0.25, 0.3) is 0 Å². The summed E-state index contributed by atoms with van der Waals surface area (Å²) < 4.78 is 0. The topological polar surface area (TPSA) is 57.5 Å². The van der Waals surface area contributed by atoms with Crippen LogP contribution in [0.2, 0.25) is 0 Å². The Bertz CT molecular complexity index is 866. The summed E-state index contributed by atoms with van der Waals surface area (Å²) in [4.78, 5) is 12.8. The van der Waals surface area contributed by atoms with Crippen LogP contribution in [0, 0.1) is 39.4 Å². The zero-order chi connectivity index (χ0) is 24.4. The summed E-state index contributed by atoms with van der Waals surface area (Å²) in [5, 5.41) is 21.0. The normalized spacial score (nSPS) is 43.7. The molecule has 0 radical (unpaired) electrons. The van der Waals surface area contributed by atoms with Gasteiger partial charge in [0.05, 0.1) is 12.7 Å². The fraction of sp³-hybridized carbons (Fsp3) is 0.833. The van der Waals surface area contributed by atoms with Gasteiger partial charge < -0.3 is 10.2 Å². The largest absolute Gasteiger partial charge is 0.392 e. The first-order valence-electron chi connectivity index (χ1n) is 13.5. The molecule has 0 spiro atoms. The van der Waals surface area contributed by atoms with Crippen LogP contribution in [0.3, 0.4) is 0 Å². The molecule has 7 atom stereocenters. The number of hydrogen-bond acceptors (Lipinski definition) is 3. The van der Waals surface area contributed by atoms with Crippen LogP contribution in [0.4, 0.5) is 0 Å². The van der Waals surface area contributed by atoms with Crippen molar-refractivity contribution in [2.24, 2.45) is 39.4 Å². The predicted octanol–water partition coefficient (Wildman–Crippen LogP) is 6.63. The molecule has 0 aromatic carbocycles. The van der Waals surface area contributed by atoms with Crippen molar-refractivity contribution in [2.75, 3.05) is 6.61 Å². The molecule has 33 heavy (non-hydrogen) atoms. The predicted molar refractivity (Wildman–Crippen MR) is 135 cm³/mol. The SMILES string of the molecule is C/C(=C\CC[C@@H](C)[C@H]1C[C@H](O)[C@@]2(C)C3=C(CC[C@]12C)[C@@]1(C)CCC(=O)C(C)(C)[C@@H]1CC3)CO. The lowest BCUT2D eigenvalue weighted by molar-refractivity contribution is -0.140. The summed E-state index contributed by atoms with van der Waals surface area (Å²) in [7, 11) is 0. The molecule has 2 fully saturated rings. The maximum absolute atomic E-state index is 12.8. The fourth-order valence-corrected chi connectivity index (χ4v) is 9.29. The fourth-order valence-electron chi connectivity index (χ4n) is 9.29. The quantitative estimate of drug-likeness (QED) is 0.456. The lowest BCUT2D eigenvalue weighted by Gasteiger charge is -2.61. The number of carbonyl (C=O) groups is 1. The van der Waals surface area contributed by atoms with Gasteiger partial charge in [0.1, 0.15) is 5.78 Å². The molecule has 186 valence electrons. The molecular formula is C30H48O3. The van der Waals surface area contributed by atoms with Gasteiger partial charge in [-0.15, -0.1) is 0 Å². The van der Waals surface area contributed by atoms with Crippen LogP contribution in [-0.2, 0) is 4.79 Å². The lowest BCUT2D eigenvalue weighted by atomic mass is 9.43. The van der Waals surface area contributed by atoms with Gasteiger partial charge in [0, 0.05) is 17.3 Å². The summed E-state index contributed by atoms with van der Waals surface area (Å²) in [6.45, 7) is 16.2. The molecule has 0 bridgehead atoms. The summed E-state index contributed by atoms with van der Waals surface area (Å²) >= 11 is 0. The van der Waals surface area contributed by atoms with Gasteiger partial charge in [-0.1, -0.05) is 64.3 Å². The van der Waals surface area contributed by atoms with Crippen molar-refractivity contribution >= 4 is 5.78 Å². The van der Waals surface area contributed by atoms with Crippen molar-refractivity contribution in [3.05, 3.63) is 22.8 Å². The van der Waals surface area contributed by atoms with E-state index in [4.69, 9.17) is 0 Å². The molecule has 0 amide bonds. The summed E-state index contributed by atoms with van der Waals surface area (Å²) in [6.07, 6.45) is 11.0. The van der Waals surface area contributed by atoms with E-state index in [0.717, 1.165) is 56.9 Å². The zero-order valence-corrected chi connectivity index (χ0v) is 22.3. The highest BCUT2D eigenvalue weighted by molar-refractivity contribution is 5.85. The van der Waals surface area contributed by atoms with Crippen LogP contribution in [-0.4, -0.2) is 28.7 Å². The number of ketones is 1. The molecule has 2 saturated carbocycles. The van der Waals surface area contributed by atoms with E-state index in [1.54, 1.807) is 11.1 Å². The molecule has 0 aliphatic heterocycles. The van der Waals surface area contributed by atoms with Gasteiger partial charge in [-0.2, -0.15) is 0 Å². The Morgan fingerprint density at radius 3 is 2.45 bits per heavy atom. The molecule has 0 aromatic rings. The van der Waals surface area contributed by atoms with E-state index in [2.05, 4.69) is 47.6 Å². The highest BCUT2D eigenvalue weighted by Gasteiger charge is 2.66. The first kappa shape index (κ1) is 25.2. The Hall–Kier alpha value is -0.930. The summed E-state index contributed by atoms with van der Waals surface area (Å²) in [5.41, 5.74) is 4.06. The van der Waals surface area contributed by atoms with E-state index in [0.29, 0.717) is 30.0 Å². The average molecular weight is 457 g/mol. The number of allylic oxidation sites excluding steroid dienone is 2. The van der Waals surface area contributed by atoms with Crippen molar-refractivity contribution in [3.8, 4) is 0 Å².